The lowest BCUT2D eigenvalue weighted by molar-refractivity contribution is 0.133. The van der Waals surface area contributed by atoms with Gasteiger partial charge in [-0.15, -0.1) is 0 Å². The molecule has 0 aliphatic heterocycles. The maximum atomic E-state index is 6.33. The number of hydrogen-bond acceptors (Lipinski definition) is 3. The number of aromatic nitrogens is 3. The number of hydrogen-bond donors (Lipinski definition) is 1. The van der Waals surface area contributed by atoms with E-state index in [2.05, 4.69) is 77.1 Å². The lowest BCUT2D eigenvalue weighted by atomic mass is 10.0. The number of likely N-dealkylation sites (N-methyl/N-ethyl adjacent to an activating group) is 1. The van der Waals surface area contributed by atoms with Crippen LogP contribution in [0.15, 0.2) is 79.0 Å². The molecule has 196 valence electrons. The van der Waals surface area contributed by atoms with Crippen LogP contribution < -0.4 is 0 Å². The van der Waals surface area contributed by atoms with Gasteiger partial charge in [0, 0.05) is 58.5 Å². The summed E-state index contributed by atoms with van der Waals surface area (Å²) in [6.45, 7) is 4.35. The number of nitrogens with zero attached hydrogens (tertiary/aromatic N) is 3. The van der Waals surface area contributed by atoms with Crippen molar-refractivity contribution in [3.63, 3.8) is 0 Å². The number of halogens is 2. The smallest absolute Gasteiger partial charge is 0.127 e. The molecule has 1 atom stereocenters. The number of benzene rings is 3. The number of ether oxygens (including phenoxy) is 1. The molecule has 1 N–H and O–H groups in total. The van der Waals surface area contributed by atoms with Crippen molar-refractivity contribution in [1.29, 1.82) is 0 Å². The van der Waals surface area contributed by atoms with E-state index in [-0.39, 0.29) is 6.04 Å². The van der Waals surface area contributed by atoms with Crippen molar-refractivity contribution in [2.45, 2.75) is 25.9 Å². The molecule has 0 fully saturated rings. The Kier molecular flexibility index (Phi) is 8.20. The highest BCUT2D eigenvalue weighted by atomic mass is 35.5. The quantitative estimate of drug-likeness (QED) is 0.192. The summed E-state index contributed by atoms with van der Waals surface area (Å²) in [7, 11) is 3.88. The molecular formula is C31H32Cl2N4O. The second-order valence-electron chi connectivity index (χ2n) is 9.54. The summed E-state index contributed by atoms with van der Waals surface area (Å²) < 4.78 is 7.77. The summed E-state index contributed by atoms with van der Waals surface area (Å²) in [5.41, 5.74) is 6.37. The average molecular weight is 548 g/mol. The minimum Gasteiger partial charge on any atom is -0.383 e. The highest BCUT2D eigenvalue weighted by Gasteiger charge is 2.28. The van der Waals surface area contributed by atoms with Crippen LogP contribution in [0, 0.1) is 0 Å². The normalized spacial score (nSPS) is 12.5. The summed E-state index contributed by atoms with van der Waals surface area (Å²) in [5.74, 6) is 1.03. The summed E-state index contributed by atoms with van der Waals surface area (Å²) in [6.07, 6.45) is 2.98. The summed E-state index contributed by atoms with van der Waals surface area (Å²) in [5, 5.41) is 2.54. The van der Waals surface area contributed by atoms with Crippen LogP contribution in [-0.4, -0.2) is 46.7 Å². The van der Waals surface area contributed by atoms with Gasteiger partial charge in [-0.25, -0.2) is 4.98 Å². The molecule has 7 heteroatoms. The van der Waals surface area contributed by atoms with E-state index in [1.54, 1.807) is 7.11 Å². The number of rotatable bonds is 10. The fraction of sp³-hybridized carbons (Fsp3) is 0.258. The number of nitrogens with one attached hydrogen (secondary N) is 1. The minimum absolute atomic E-state index is 0.105. The van der Waals surface area contributed by atoms with Gasteiger partial charge in [0.05, 0.1) is 24.0 Å². The Labute approximate surface area is 234 Å². The van der Waals surface area contributed by atoms with Crippen molar-refractivity contribution in [1.82, 2.24) is 19.4 Å². The van der Waals surface area contributed by atoms with Crippen LogP contribution in [0.25, 0.3) is 33.4 Å². The highest BCUT2D eigenvalue weighted by Crippen LogP contribution is 2.40. The van der Waals surface area contributed by atoms with Crippen LogP contribution >= 0.6 is 23.2 Å². The van der Waals surface area contributed by atoms with E-state index in [1.807, 2.05) is 30.3 Å². The van der Waals surface area contributed by atoms with Crippen molar-refractivity contribution >= 4 is 34.1 Å². The molecule has 0 saturated carbocycles. The molecule has 0 amide bonds. The van der Waals surface area contributed by atoms with Gasteiger partial charge < -0.3 is 14.3 Å². The number of methoxy groups -OCH3 is 1. The van der Waals surface area contributed by atoms with Gasteiger partial charge in [0.1, 0.15) is 5.82 Å². The van der Waals surface area contributed by atoms with E-state index in [0.717, 1.165) is 62.8 Å². The molecular weight excluding hydrogens is 515 g/mol. The molecule has 0 saturated heterocycles. The Morgan fingerprint density at radius 1 is 1.00 bits per heavy atom. The van der Waals surface area contributed by atoms with Crippen LogP contribution in [0.1, 0.15) is 30.8 Å². The third-order valence-electron chi connectivity index (χ3n) is 7.06. The SMILES string of the molecule is CCC(c1nc(-c2ccccc2)c(-c2c[nH]c3cc(Cl)ccc23)n1Cc1ccc(Cl)cc1)N(C)CCOC. The zero-order chi connectivity index (χ0) is 26.6. The molecule has 0 aliphatic rings. The van der Waals surface area contributed by atoms with Gasteiger partial charge >= 0.3 is 0 Å². The Morgan fingerprint density at radius 2 is 1.74 bits per heavy atom. The van der Waals surface area contributed by atoms with E-state index in [9.17, 15) is 0 Å². The molecule has 3 aromatic carbocycles. The number of aromatic amines is 1. The van der Waals surface area contributed by atoms with E-state index in [0.29, 0.717) is 18.2 Å². The van der Waals surface area contributed by atoms with Crippen LogP contribution in [-0.2, 0) is 11.3 Å². The third kappa shape index (κ3) is 5.38. The summed E-state index contributed by atoms with van der Waals surface area (Å²) in [6, 6.07) is 24.6. The molecule has 38 heavy (non-hydrogen) atoms. The van der Waals surface area contributed by atoms with Crippen molar-refractivity contribution in [3.8, 4) is 22.5 Å². The van der Waals surface area contributed by atoms with Crippen molar-refractivity contribution < 1.29 is 4.74 Å². The number of H-pyrrole nitrogens is 1. The van der Waals surface area contributed by atoms with Gasteiger partial charge in [0.15, 0.2) is 0 Å². The molecule has 5 aromatic rings. The predicted octanol–water partition coefficient (Wildman–Crippen LogP) is 8.08. The first-order chi connectivity index (χ1) is 18.5. The summed E-state index contributed by atoms with van der Waals surface area (Å²) in [4.78, 5) is 11.2. The van der Waals surface area contributed by atoms with Crippen LogP contribution in [0.4, 0.5) is 0 Å². The first kappa shape index (κ1) is 26.5. The minimum atomic E-state index is 0.105. The lowest BCUT2D eigenvalue weighted by Gasteiger charge is -2.27. The van der Waals surface area contributed by atoms with Gasteiger partial charge in [0.25, 0.3) is 0 Å². The maximum absolute atomic E-state index is 6.33. The van der Waals surface area contributed by atoms with Gasteiger partial charge in [-0.05, 0) is 43.3 Å². The number of fused-ring (bicyclic) bond motifs is 1. The standard InChI is InChI=1S/C31H32Cl2N4O/c1-4-28(36(2)16-17-38-3)31-35-29(22-8-6-5-7-9-22)30(37(31)20-21-10-12-23(32)13-11-21)26-19-34-27-18-24(33)14-15-25(26)27/h5-15,18-19,28,34H,4,16-17,20H2,1-3H3. The topological polar surface area (TPSA) is 46.1 Å². The number of imidazole rings is 1. The summed E-state index contributed by atoms with van der Waals surface area (Å²) >= 11 is 12.6. The highest BCUT2D eigenvalue weighted by molar-refractivity contribution is 6.31. The monoisotopic (exact) mass is 546 g/mol. The molecule has 5 nitrogen and oxygen atoms in total. The average Bonchev–Trinajstić information content (AvgIpc) is 3.50. The Morgan fingerprint density at radius 3 is 2.45 bits per heavy atom. The predicted molar refractivity (Wildman–Crippen MR) is 158 cm³/mol. The van der Waals surface area contributed by atoms with Crippen molar-refractivity contribution in [3.05, 3.63) is 100 Å². The molecule has 0 aliphatic carbocycles. The van der Waals surface area contributed by atoms with E-state index in [4.69, 9.17) is 32.9 Å². The van der Waals surface area contributed by atoms with Crippen LogP contribution in [0.5, 0.6) is 0 Å². The van der Waals surface area contributed by atoms with Gasteiger partial charge in [-0.1, -0.05) is 78.7 Å². The van der Waals surface area contributed by atoms with Crippen LogP contribution in [0.3, 0.4) is 0 Å². The second-order valence-corrected chi connectivity index (χ2v) is 10.4. The van der Waals surface area contributed by atoms with E-state index < -0.39 is 0 Å². The zero-order valence-electron chi connectivity index (χ0n) is 21.9. The second kappa shape index (κ2) is 11.7. The van der Waals surface area contributed by atoms with E-state index >= 15 is 0 Å². The Hall–Kier alpha value is -3.09. The zero-order valence-corrected chi connectivity index (χ0v) is 23.4. The Bertz CT molecular complexity index is 1510. The third-order valence-corrected chi connectivity index (χ3v) is 7.55. The van der Waals surface area contributed by atoms with E-state index in [1.165, 1.54) is 0 Å². The van der Waals surface area contributed by atoms with Crippen molar-refractivity contribution in [2.75, 3.05) is 27.3 Å². The van der Waals surface area contributed by atoms with Crippen molar-refractivity contribution in [2.24, 2.45) is 0 Å². The fourth-order valence-electron chi connectivity index (χ4n) is 5.10. The molecule has 0 spiro atoms. The molecule has 2 heterocycles. The maximum Gasteiger partial charge on any atom is 0.127 e. The molecule has 0 bridgehead atoms. The first-order valence-electron chi connectivity index (χ1n) is 12.9. The molecule has 2 aromatic heterocycles. The Balaban J connectivity index is 1.78. The van der Waals surface area contributed by atoms with Gasteiger partial charge in [-0.3, -0.25) is 4.90 Å². The first-order valence-corrected chi connectivity index (χ1v) is 13.6. The lowest BCUT2D eigenvalue weighted by Crippen LogP contribution is -2.30. The molecule has 1 unspecified atom stereocenters. The largest absolute Gasteiger partial charge is 0.383 e. The van der Waals surface area contributed by atoms with Gasteiger partial charge in [0.2, 0.25) is 0 Å². The van der Waals surface area contributed by atoms with Crippen LogP contribution in [0.2, 0.25) is 10.0 Å². The molecule has 5 rings (SSSR count). The molecule has 0 radical (unpaired) electrons. The fourth-order valence-corrected chi connectivity index (χ4v) is 5.40. The van der Waals surface area contributed by atoms with Gasteiger partial charge in [-0.2, -0.15) is 0 Å².